The number of hydrogen-bond donors (Lipinski definition) is 0. The second kappa shape index (κ2) is 5.87. The third-order valence-electron chi connectivity index (χ3n) is 3.52. The Kier molecular flexibility index (Phi) is 3.77. The van der Waals surface area contributed by atoms with Crippen LogP contribution in [-0.2, 0) is 13.0 Å². The van der Waals surface area contributed by atoms with Crippen LogP contribution in [0, 0.1) is 0 Å². The molecule has 0 spiro atoms. The van der Waals surface area contributed by atoms with Crippen LogP contribution in [0.4, 0.5) is 0 Å². The molecule has 0 atom stereocenters. The molecular formula is C17H17N3O. The molecule has 0 unspecified atom stereocenters. The summed E-state index contributed by atoms with van der Waals surface area (Å²) in [5.74, 6) is 0.873. The van der Waals surface area contributed by atoms with E-state index in [4.69, 9.17) is 0 Å². The van der Waals surface area contributed by atoms with Crippen molar-refractivity contribution >= 4 is 16.7 Å². The summed E-state index contributed by atoms with van der Waals surface area (Å²) < 4.78 is 2.04. The van der Waals surface area contributed by atoms with Crippen molar-refractivity contribution in [1.82, 2.24) is 14.5 Å². The molecule has 3 aromatic rings. The first kappa shape index (κ1) is 13.5. The summed E-state index contributed by atoms with van der Waals surface area (Å²) in [4.78, 5) is 21.2. The standard InChI is InChI=1S/C17H17N3O/c1-2-10-20-11-9-18-16(20)12-15(21)14-7-3-5-13-6-4-8-19-17(13)14/h3-9,11H,2,10,12H2,1H3. The quantitative estimate of drug-likeness (QED) is 0.673. The highest BCUT2D eigenvalue weighted by molar-refractivity contribution is 6.07. The number of carbonyl (C=O) groups is 1. The Bertz CT molecular complexity index is 771. The summed E-state index contributed by atoms with van der Waals surface area (Å²) in [6.07, 6.45) is 6.72. The Morgan fingerprint density at radius 2 is 2.00 bits per heavy atom. The van der Waals surface area contributed by atoms with Gasteiger partial charge in [0, 0.05) is 36.1 Å². The highest BCUT2D eigenvalue weighted by Crippen LogP contribution is 2.17. The van der Waals surface area contributed by atoms with Crippen molar-refractivity contribution < 1.29 is 4.79 Å². The average Bonchev–Trinajstić information content (AvgIpc) is 2.94. The monoisotopic (exact) mass is 279 g/mol. The molecule has 0 bridgehead atoms. The number of para-hydroxylation sites is 1. The number of carbonyl (C=O) groups excluding carboxylic acids is 1. The molecule has 0 aliphatic carbocycles. The summed E-state index contributed by atoms with van der Waals surface area (Å²) in [7, 11) is 0. The van der Waals surface area contributed by atoms with E-state index >= 15 is 0 Å². The molecule has 0 saturated carbocycles. The lowest BCUT2D eigenvalue weighted by molar-refractivity contribution is 0.0991. The Labute approximate surface area is 123 Å². The van der Waals surface area contributed by atoms with E-state index in [9.17, 15) is 4.79 Å². The van der Waals surface area contributed by atoms with Crippen molar-refractivity contribution in [2.45, 2.75) is 26.3 Å². The van der Waals surface area contributed by atoms with E-state index in [0.717, 1.165) is 29.7 Å². The predicted molar refractivity (Wildman–Crippen MR) is 82.3 cm³/mol. The Hall–Kier alpha value is -2.49. The molecule has 2 heterocycles. The summed E-state index contributed by atoms with van der Waals surface area (Å²) >= 11 is 0. The Balaban J connectivity index is 1.92. The maximum absolute atomic E-state index is 12.6. The Morgan fingerprint density at radius 3 is 2.86 bits per heavy atom. The molecule has 0 N–H and O–H groups in total. The summed E-state index contributed by atoms with van der Waals surface area (Å²) in [5, 5.41) is 0.986. The van der Waals surface area contributed by atoms with Gasteiger partial charge in [-0.05, 0) is 18.6 Å². The van der Waals surface area contributed by atoms with Crippen molar-refractivity contribution in [3.63, 3.8) is 0 Å². The number of rotatable bonds is 5. The van der Waals surface area contributed by atoms with Crippen LogP contribution in [0.15, 0.2) is 48.9 Å². The first-order valence-corrected chi connectivity index (χ1v) is 7.16. The summed E-state index contributed by atoms with van der Waals surface area (Å²) in [6, 6.07) is 9.55. The van der Waals surface area contributed by atoms with Gasteiger partial charge < -0.3 is 4.57 Å². The zero-order valence-corrected chi connectivity index (χ0v) is 12.0. The van der Waals surface area contributed by atoms with Gasteiger partial charge in [-0.1, -0.05) is 25.1 Å². The molecule has 0 amide bonds. The van der Waals surface area contributed by atoms with E-state index in [2.05, 4.69) is 16.9 Å². The number of aryl methyl sites for hydroxylation is 1. The highest BCUT2D eigenvalue weighted by atomic mass is 16.1. The van der Waals surface area contributed by atoms with Crippen LogP contribution < -0.4 is 0 Å². The van der Waals surface area contributed by atoms with Crippen molar-refractivity contribution in [1.29, 1.82) is 0 Å². The van der Waals surface area contributed by atoms with Gasteiger partial charge in [0.1, 0.15) is 5.82 Å². The van der Waals surface area contributed by atoms with E-state index in [1.165, 1.54) is 0 Å². The number of pyridine rings is 1. The van der Waals surface area contributed by atoms with Gasteiger partial charge in [0.25, 0.3) is 0 Å². The van der Waals surface area contributed by atoms with Gasteiger partial charge in [-0.3, -0.25) is 9.78 Å². The second-order valence-corrected chi connectivity index (χ2v) is 5.02. The number of fused-ring (bicyclic) bond motifs is 1. The van der Waals surface area contributed by atoms with E-state index in [1.54, 1.807) is 12.4 Å². The van der Waals surface area contributed by atoms with Crippen LogP contribution in [0.1, 0.15) is 29.5 Å². The molecule has 4 nitrogen and oxygen atoms in total. The summed E-state index contributed by atoms with van der Waals surface area (Å²) in [5.41, 5.74) is 1.43. The molecule has 1 aromatic carbocycles. The first-order valence-electron chi connectivity index (χ1n) is 7.16. The maximum Gasteiger partial charge on any atom is 0.172 e. The van der Waals surface area contributed by atoms with Crippen LogP contribution in [-0.4, -0.2) is 20.3 Å². The lowest BCUT2D eigenvalue weighted by Crippen LogP contribution is -2.11. The number of ketones is 1. The molecular weight excluding hydrogens is 262 g/mol. The van der Waals surface area contributed by atoms with Crippen LogP contribution in [0.3, 0.4) is 0 Å². The zero-order chi connectivity index (χ0) is 14.7. The van der Waals surface area contributed by atoms with Gasteiger partial charge in [0.15, 0.2) is 5.78 Å². The highest BCUT2D eigenvalue weighted by Gasteiger charge is 2.14. The van der Waals surface area contributed by atoms with Gasteiger partial charge in [-0.25, -0.2) is 4.98 Å². The van der Waals surface area contributed by atoms with Crippen LogP contribution >= 0.6 is 0 Å². The van der Waals surface area contributed by atoms with E-state index in [1.807, 2.05) is 41.1 Å². The van der Waals surface area contributed by atoms with Crippen LogP contribution in [0.2, 0.25) is 0 Å². The third kappa shape index (κ3) is 2.70. The minimum atomic E-state index is 0.0582. The molecule has 0 radical (unpaired) electrons. The zero-order valence-electron chi connectivity index (χ0n) is 12.0. The number of nitrogens with zero attached hydrogens (tertiary/aromatic N) is 3. The van der Waals surface area contributed by atoms with Gasteiger partial charge in [0.05, 0.1) is 11.9 Å². The fraction of sp³-hybridized carbons (Fsp3) is 0.235. The SMILES string of the molecule is CCCn1ccnc1CC(=O)c1cccc2cccnc12. The maximum atomic E-state index is 12.6. The largest absolute Gasteiger partial charge is 0.335 e. The molecule has 2 aromatic heterocycles. The number of Topliss-reactive ketones (excluding diaryl/α,β-unsaturated/α-hetero) is 1. The minimum absolute atomic E-state index is 0.0582. The fourth-order valence-electron chi connectivity index (χ4n) is 2.52. The number of benzene rings is 1. The van der Waals surface area contributed by atoms with Gasteiger partial charge >= 0.3 is 0 Å². The van der Waals surface area contributed by atoms with Gasteiger partial charge in [-0.2, -0.15) is 0 Å². The molecule has 0 aliphatic heterocycles. The third-order valence-corrected chi connectivity index (χ3v) is 3.52. The minimum Gasteiger partial charge on any atom is -0.335 e. The van der Waals surface area contributed by atoms with Crippen LogP contribution in [0.25, 0.3) is 10.9 Å². The predicted octanol–water partition coefficient (Wildman–Crippen LogP) is 3.27. The van der Waals surface area contributed by atoms with Crippen molar-refractivity contribution in [2.75, 3.05) is 0 Å². The van der Waals surface area contributed by atoms with Gasteiger partial charge in [-0.15, -0.1) is 0 Å². The topological polar surface area (TPSA) is 47.8 Å². The molecule has 0 fully saturated rings. The lowest BCUT2D eigenvalue weighted by atomic mass is 10.0. The number of imidazole rings is 1. The van der Waals surface area contributed by atoms with E-state index < -0.39 is 0 Å². The van der Waals surface area contributed by atoms with E-state index in [-0.39, 0.29) is 5.78 Å². The molecule has 0 saturated heterocycles. The second-order valence-electron chi connectivity index (χ2n) is 5.02. The van der Waals surface area contributed by atoms with E-state index in [0.29, 0.717) is 12.0 Å². The van der Waals surface area contributed by atoms with Gasteiger partial charge in [0.2, 0.25) is 0 Å². The molecule has 4 heteroatoms. The number of hydrogen-bond acceptors (Lipinski definition) is 3. The average molecular weight is 279 g/mol. The van der Waals surface area contributed by atoms with Crippen LogP contribution in [0.5, 0.6) is 0 Å². The first-order chi connectivity index (χ1) is 10.3. The molecule has 106 valence electrons. The molecule has 21 heavy (non-hydrogen) atoms. The van der Waals surface area contributed by atoms with Crippen molar-refractivity contribution in [3.05, 3.63) is 60.3 Å². The lowest BCUT2D eigenvalue weighted by Gasteiger charge is -2.07. The smallest absolute Gasteiger partial charge is 0.172 e. The summed E-state index contributed by atoms with van der Waals surface area (Å²) in [6.45, 7) is 3.00. The molecule has 0 aliphatic rings. The normalized spacial score (nSPS) is 10.9. The van der Waals surface area contributed by atoms with Crippen molar-refractivity contribution in [3.8, 4) is 0 Å². The fourth-order valence-corrected chi connectivity index (χ4v) is 2.52. The molecule has 3 rings (SSSR count). The number of aromatic nitrogens is 3. The van der Waals surface area contributed by atoms with Crippen molar-refractivity contribution in [2.24, 2.45) is 0 Å². The Morgan fingerprint density at radius 1 is 1.14 bits per heavy atom.